The summed E-state index contributed by atoms with van der Waals surface area (Å²) in [7, 11) is 0. The molecule has 0 spiro atoms. The van der Waals surface area contributed by atoms with Crippen LogP contribution in [0.4, 0.5) is 0 Å². The molecule has 0 atom stereocenters. The Kier molecular flexibility index (Phi) is 5.62. The van der Waals surface area contributed by atoms with E-state index in [4.69, 9.17) is 4.98 Å². The summed E-state index contributed by atoms with van der Waals surface area (Å²) in [5, 5.41) is 7.63. The fourth-order valence-electron chi connectivity index (χ4n) is 8.62. The van der Waals surface area contributed by atoms with Crippen LogP contribution in [0.2, 0.25) is 0 Å². The van der Waals surface area contributed by atoms with Gasteiger partial charge in [0.25, 0.3) is 0 Å². The highest BCUT2D eigenvalue weighted by Gasteiger charge is 2.24. The number of para-hydroxylation sites is 5. The summed E-state index contributed by atoms with van der Waals surface area (Å²) in [6.07, 6.45) is 0. The van der Waals surface area contributed by atoms with Crippen LogP contribution in [0.15, 0.2) is 170 Å². The first kappa shape index (κ1) is 28.1. The summed E-state index contributed by atoms with van der Waals surface area (Å²) in [4.78, 5) is 6.51. The molecule has 0 bridgehead atoms. The van der Waals surface area contributed by atoms with Gasteiger partial charge < -0.3 is 13.5 Å². The smallest absolute Gasteiger partial charge is 0.109 e. The van der Waals surface area contributed by atoms with Gasteiger partial charge in [0, 0.05) is 54.0 Å². The lowest BCUT2D eigenvalue weighted by atomic mass is 10.1. The predicted octanol–water partition coefficient (Wildman–Crippen LogP) is 12.7. The average molecular weight is 681 g/mol. The van der Waals surface area contributed by atoms with Gasteiger partial charge in [-0.1, -0.05) is 103 Å². The van der Waals surface area contributed by atoms with Gasteiger partial charge in [0.15, 0.2) is 0 Å². The van der Waals surface area contributed by atoms with Crippen molar-refractivity contribution in [2.24, 2.45) is 0 Å². The van der Waals surface area contributed by atoms with Crippen molar-refractivity contribution in [1.29, 1.82) is 0 Å². The van der Waals surface area contributed by atoms with Crippen LogP contribution in [0.3, 0.4) is 0 Å². The number of thiophene rings is 1. The monoisotopic (exact) mass is 680 g/mol. The highest BCUT2D eigenvalue weighted by Crippen LogP contribution is 2.47. The zero-order chi connectivity index (χ0) is 33.9. The normalized spacial score (nSPS) is 12.2. The van der Waals surface area contributed by atoms with E-state index < -0.39 is 0 Å². The van der Waals surface area contributed by atoms with E-state index in [1.807, 2.05) is 11.3 Å². The van der Waals surface area contributed by atoms with Crippen LogP contribution >= 0.6 is 11.3 Å². The number of benzene rings is 7. The van der Waals surface area contributed by atoms with Gasteiger partial charge in [-0.15, -0.1) is 11.3 Å². The van der Waals surface area contributed by atoms with Gasteiger partial charge in [0.05, 0.1) is 44.3 Å². The summed E-state index contributed by atoms with van der Waals surface area (Å²) in [6, 6.07) is 61.4. The Bertz CT molecular complexity index is 3400. The zero-order valence-corrected chi connectivity index (χ0v) is 28.7. The van der Waals surface area contributed by atoms with Crippen molar-refractivity contribution in [3.63, 3.8) is 0 Å². The minimum absolute atomic E-state index is 0.983. The molecule has 0 aliphatic heterocycles. The SMILES string of the molecule is c1ccc(-n2c3ccccc3c3ccc4c(c5c6ccccc6sc5n4-c4ccc(-c5nc6ccccc6n6c5cc5ccccc56)cc4)c32)cc1. The van der Waals surface area contributed by atoms with E-state index in [2.05, 4.69) is 183 Å². The largest absolute Gasteiger partial charge is 0.309 e. The van der Waals surface area contributed by atoms with Gasteiger partial charge in [-0.05, 0) is 66.7 Å². The van der Waals surface area contributed by atoms with Crippen LogP contribution in [-0.4, -0.2) is 18.5 Å². The number of hydrogen-bond donors (Lipinski definition) is 0. The van der Waals surface area contributed by atoms with Crippen LogP contribution in [0.1, 0.15) is 0 Å². The first-order chi connectivity index (χ1) is 25.8. The Balaban J connectivity index is 1.15. The Morgan fingerprint density at radius 3 is 2.00 bits per heavy atom. The van der Waals surface area contributed by atoms with E-state index in [-0.39, 0.29) is 0 Å². The van der Waals surface area contributed by atoms with Gasteiger partial charge in [-0.2, -0.15) is 0 Å². The number of aromatic nitrogens is 4. The van der Waals surface area contributed by atoms with E-state index in [9.17, 15) is 0 Å². The second-order valence-corrected chi connectivity index (χ2v) is 14.6. The van der Waals surface area contributed by atoms with E-state index in [0.717, 1.165) is 33.5 Å². The minimum atomic E-state index is 0.983. The zero-order valence-electron chi connectivity index (χ0n) is 27.9. The second-order valence-electron chi connectivity index (χ2n) is 13.6. The van der Waals surface area contributed by atoms with Gasteiger partial charge in [0.1, 0.15) is 4.83 Å². The minimum Gasteiger partial charge on any atom is -0.309 e. The first-order valence-electron chi connectivity index (χ1n) is 17.6. The maximum absolute atomic E-state index is 5.26. The Hall–Kier alpha value is -6.69. The quantitative estimate of drug-likeness (QED) is 0.182. The van der Waals surface area contributed by atoms with Crippen molar-refractivity contribution in [3.05, 3.63) is 170 Å². The van der Waals surface area contributed by atoms with E-state index >= 15 is 0 Å². The van der Waals surface area contributed by atoms with E-state index in [1.54, 1.807) is 0 Å². The van der Waals surface area contributed by atoms with Crippen LogP contribution in [-0.2, 0) is 0 Å². The van der Waals surface area contributed by atoms with Crippen LogP contribution < -0.4 is 0 Å². The number of nitrogens with zero attached hydrogens (tertiary/aromatic N) is 4. The molecular formula is C47H28N4S. The predicted molar refractivity (Wildman–Crippen MR) is 220 cm³/mol. The summed E-state index contributed by atoms with van der Waals surface area (Å²) >= 11 is 1.87. The van der Waals surface area contributed by atoms with Gasteiger partial charge in [-0.25, -0.2) is 4.98 Å². The molecule has 0 saturated heterocycles. The molecule has 0 aliphatic carbocycles. The molecule has 4 nitrogen and oxygen atoms in total. The third-order valence-electron chi connectivity index (χ3n) is 10.8. The molecule has 5 aromatic heterocycles. The third kappa shape index (κ3) is 3.72. The summed E-state index contributed by atoms with van der Waals surface area (Å²) in [5.74, 6) is 0. The number of fused-ring (bicyclic) bond motifs is 14. The first-order valence-corrected chi connectivity index (χ1v) is 18.5. The summed E-state index contributed by atoms with van der Waals surface area (Å²) < 4.78 is 8.59. The maximum Gasteiger partial charge on any atom is 0.109 e. The topological polar surface area (TPSA) is 27.2 Å². The van der Waals surface area contributed by atoms with Crippen LogP contribution in [0.25, 0.3) is 103 Å². The highest BCUT2D eigenvalue weighted by atomic mass is 32.1. The number of rotatable bonds is 3. The molecular weight excluding hydrogens is 653 g/mol. The fraction of sp³-hybridized carbons (Fsp3) is 0. The number of hydrogen-bond acceptors (Lipinski definition) is 2. The standard InChI is InChI=1S/C47H28N4S/c1-2-13-31(14-3-1)49-38-19-9-5-15-33(38)34-26-27-40-44(46(34)49)43-35-16-6-11-21-42(35)52-47(43)50(40)32-24-22-29(23-25-32)45-41-28-30-12-4-8-18-37(30)51(41)39-20-10-7-17-36(39)48-45/h1-28H. The molecule has 5 heteroatoms. The van der Waals surface area contributed by atoms with Crippen molar-refractivity contribution < 1.29 is 0 Å². The molecule has 5 heterocycles. The average Bonchev–Trinajstić information content (AvgIpc) is 3.95. The molecule has 242 valence electrons. The molecule has 52 heavy (non-hydrogen) atoms. The third-order valence-corrected chi connectivity index (χ3v) is 12.0. The van der Waals surface area contributed by atoms with E-state index in [0.29, 0.717) is 0 Å². The Morgan fingerprint density at radius 1 is 0.442 bits per heavy atom. The van der Waals surface area contributed by atoms with Crippen LogP contribution in [0.5, 0.6) is 0 Å². The highest BCUT2D eigenvalue weighted by molar-refractivity contribution is 7.25. The molecule has 0 amide bonds. The molecule has 0 aliphatic rings. The van der Waals surface area contributed by atoms with Gasteiger partial charge >= 0.3 is 0 Å². The van der Waals surface area contributed by atoms with Crippen molar-refractivity contribution in [3.8, 4) is 22.6 Å². The molecule has 0 unspecified atom stereocenters. The Labute approximate surface area is 301 Å². The molecule has 0 N–H and O–H groups in total. The molecule has 0 fully saturated rings. The molecule has 12 aromatic rings. The van der Waals surface area contributed by atoms with Crippen molar-refractivity contribution in [2.45, 2.75) is 0 Å². The van der Waals surface area contributed by atoms with Crippen molar-refractivity contribution >= 4 is 91.8 Å². The lowest BCUT2D eigenvalue weighted by Gasteiger charge is -2.12. The Morgan fingerprint density at radius 2 is 1.13 bits per heavy atom. The van der Waals surface area contributed by atoms with Crippen molar-refractivity contribution in [1.82, 2.24) is 18.5 Å². The summed E-state index contributed by atoms with van der Waals surface area (Å²) in [6.45, 7) is 0. The molecule has 0 saturated carbocycles. The lowest BCUT2D eigenvalue weighted by Crippen LogP contribution is -1.97. The van der Waals surface area contributed by atoms with E-state index in [1.165, 1.54) is 69.6 Å². The van der Waals surface area contributed by atoms with Gasteiger partial charge in [0.2, 0.25) is 0 Å². The van der Waals surface area contributed by atoms with Crippen molar-refractivity contribution in [2.75, 3.05) is 0 Å². The second kappa shape index (κ2) is 10.4. The molecule has 7 aromatic carbocycles. The fourth-order valence-corrected chi connectivity index (χ4v) is 9.86. The van der Waals surface area contributed by atoms with Gasteiger partial charge in [-0.3, -0.25) is 0 Å². The summed E-state index contributed by atoms with van der Waals surface area (Å²) in [5.41, 5.74) is 12.5. The molecule has 12 rings (SSSR count). The maximum atomic E-state index is 5.26. The molecule has 0 radical (unpaired) electrons. The van der Waals surface area contributed by atoms with Crippen LogP contribution in [0, 0.1) is 0 Å². The lowest BCUT2D eigenvalue weighted by molar-refractivity contribution is 1.18.